The Morgan fingerprint density at radius 2 is 0.947 bits per heavy atom. The molecular weight excluding hydrogens is 689 g/mol. The molecule has 0 spiro atoms. The maximum absolute atomic E-state index is 2.62. The summed E-state index contributed by atoms with van der Waals surface area (Å²) in [6.45, 7) is 14.4. The predicted molar refractivity (Wildman–Crippen MR) is 240 cm³/mol. The molecule has 3 aliphatic rings. The second kappa shape index (κ2) is 10.9. The van der Waals surface area contributed by atoms with Crippen molar-refractivity contribution in [3.05, 3.63) is 191 Å². The summed E-state index contributed by atoms with van der Waals surface area (Å²) in [5, 5.41) is 5.16. The SMILES string of the molecule is CC1(C)c2ccccc2-c2ccc(N(c3ccccc3)c3ccc(-c4cc5c6c(c4)c4cccc7c4n6-c4c(cccc4C5(C)C)C7(C)C)c4ccccc34)cc21. The van der Waals surface area contributed by atoms with Gasteiger partial charge in [0.2, 0.25) is 0 Å². The lowest BCUT2D eigenvalue weighted by atomic mass is 9.68. The zero-order valence-electron chi connectivity index (χ0n) is 33.4. The van der Waals surface area contributed by atoms with Crippen molar-refractivity contribution in [2.75, 3.05) is 4.90 Å². The van der Waals surface area contributed by atoms with Gasteiger partial charge < -0.3 is 9.47 Å². The van der Waals surface area contributed by atoms with Crippen molar-refractivity contribution in [3.63, 3.8) is 0 Å². The average Bonchev–Trinajstić information content (AvgIpc) is 3.68. The Balaban J connectivity index is 1.10. The lowest BCUT2D eigenvalue weighted by Crippen LogP contribution is -2.33. The van der Waals surface area contributed by atoms with Crippen LogP contribution in [0.1, 0.15) is 74.9 Å². The Kier molecular flexibility index (Phi) is 6.29. The van der Waals surface area contributed by atoms with Crippen molar-refractivity contribution >= 4 is 49.6 Å². The maximum atomic E-state index is 2.62. The van der Waals surface area contributed by atoms with E-state index in [1.54, 1.807) is 0 Å². The van der Waals surface area contributed by atoms with E-state index in [0.29, 0.717) is 0 Å². The van der Waals surface area contributed by atoms with Crippen molar-refractivity contribution in [1.29, 1.82) is 0 Å². The van der Waals surface area contributed by atoms with E-state index in [9.17, 15) is 0 Å². The summed E-state index contributed by atoms with van der Waals surface area (Å²) in [6.07, 6.45) is 0. The van der Waals surface area contributed by atoms with Gasteiger partial charge in [0.25, 0.3) is 0 Å². The molecule has 0 saturated heterocycles. The van der Waals surface area contributed by atoms with Crippen molar-refractivity contribution < 1.29 is 0 Å². The van der Waals surface area contributed by atoms with Gasteiger partial charge in [0.15, 0.2) is 0 Å². The lowest BCUT2D eigenvalue weighted by Gasteiger charge is -2.42. The molecule has 2 heteroatoms. The summed E-state index contributed by atoms with van der Waals surface area (Å²) in [7, 11) is 0. The van der Waals surface area contributed by atoms with Crippen LogP contribution in [-0.4, -0.2) is 4.57 Å². The molecule has 0 unspecified atom stereocenters. The Morgan fingerprint density at radius 3 is 1.75 bits per heavy atom. The zero-order valence-corrected chi connectivity index (χ0v) is 33.4. The summed E-state index contributed by atoms with van der Waals surface area (Å²) >= 11 is 0. The van der Waals surface area contributed by atoms with Gasteiger partial charge >= 0.3 is 0 Å². The molecular formula is C55H44N2. The van der Waals surface area contributed by atoms with Crippen molar-refractivity contribution in [2.24, 2.45) is 0 Å². The number of benzene rings is 8. The minimum Gasteiger partial charge on any atom is -0.310 e. The van der Waals surface area contributed by atoms with Crippen LogP contribution in [0, 0.1) is 0 Å². The number of nitrogens with zero attached hydrogens (tertiary/aromatic N) is 2. The molecule has 0 atom stereocenters. The normalized spacial score (nSPS) is 16.0. The largest absolute Gasteiger partial charge is 0.310 e. The van der Waals surface area contributed by atoms with Crippen LogP contribution in [0.3, 0.4) is 0 Å². The highest BCUT2D eigenvalue weighted by Gasteiger charge is 2.43. The second-order valence-corrected chi connectivity index (χ2v) is 18.2. The Hall–Kier alpha value is -6.38. The number of rotatable bonds is 4. The molecule has 0 bridgehead atoms. The summed E-state index contributed by atoms with van der Waals surface area (Å²) < 4.78 is 2.62. The molecule has 1 aliphatic carbocycles. The van der Waals surface area contributed by atoms with E-state index in [0.717, 1.165) is 5.69 Å². The van der Waals surface area contributed by atoms with Crippen LogP contribution < -0.4 is 4.90 Å². The van der Waals surface area contributed by atoms with Gasteiger partial charge in [0, 0.05) is 43.8 Å². The van der Waals surface area contributed by atoms with Gasteiger partial charge in [-0.05, 0) is 103 Å². The first kappa shape index (κ1) is 32.8. The summed E-state index contributed by atoms with van der Waals surface area (Å²) in [4.78, 5) is 2.46. The van der Waals surface area contributed by atoms with Gasteiger partial charge in [-0.3, -0.25) is 0 Å². The molecule has 1 aromatic heterocycles. The molecule has 9 aromatic rings. The molecule has 0 saturated carbocycles. The summed E-state index contributed by atoms with van der Waals surface area (Å²) in [6, 6.07) is 59.6. The summed E-state index contributed by atoms with van der Waals surface area (Å²) in [5.41, 5.74) is 20.8. The van der Waals surface area contributed by atoms with E-state index < -0.39 is 0 Å². The van der Waals surface area contributed by atoms with Gasteiger partial charge in [-0.25, -0.2) is 0 Å². The molecule has 0 N–H and O–H groups in total. The third-order valence-electron chi connectivity index (χ3n) is 14.1. The van der Waals surface area contributed by atoms with Crippen LogP contribution in [0.2, 0.25) is 0 Å². The third kappa shape index (κ3) is 4.10. The smallest absolute Gasteiger partial charge is 0.0582 e. The topological polar surface area (TPSA) is 8.17 Å². The van der Waals surface area contributed by atoms with Crippen LogP contribution in [0.4, 0.5) is 17.1 Å². The Morgan fingerprint density at radius 1 is 0.368 bits per heavy atom. The number of anilines is 3. The van der Waals surface area contributed by atoms with Crippen LogP contribution in [0.5, 0.6) is 0 Å². The summed E-state index contributed by atoms with van der Waals surface area (Å²) in [5.74, 6) is 0. The first-order valence-corrected chi connectivity index (χ1v) is 20.4. The van der Waals surface area contributed by atoms with E-state index in [2.05, 4.69) is 209 Å². The van der Waals surface area contributed by atoms with Crippen LogP contribution in [0.25, 0.3) is 60.5 Å². The molecule has 0 fully saturated rings. The first-order valence-electron chi connectivity index (χ1n) is 20.4. The van der Waals surface area contributed by atoms with Gasteiger partial charge in [0.05, 0.1) is 22.4 Å². The second-order valence-electron chi connectivity index (χ2n) is 18.2. The van der Waals surface area contributed by atoms with E-state index in [-0.39, 0.29) is 16.2 Å². The third-order valence-corrected chi connectivity index (χ3v) is 14.1. The minimum absolute atomic E-state index is 0.0931. The fourth-order valence-corrected chi connectivity index (χ4v) is 11.2. The van der Waals surface area contributed by atoms with E-state index in [1.807, 2.05) is 0 Å². The molecule has 12 rings (SSSR count). The minimum atomic E-state index is -0.182. The molecule has 0 radical (unpaired) electrons. The monoisotopic (exact) mass is 732 g/mol. The number of para-hydroxylation sites is 3. The quantitative estimate of drug-likeness (QED) is 0.175. The highest BCUT2D eigenvalue weighted by Crippen LogP contribution is 2.57. The van der Waals surface area contributed by atoms with Crippen LogP contribution >= 0.6 is 0 Å². The number of hydrogen-bond donors (Lipinski definition) is 0. The standard InChI is InChI=1S/C55H44N2/c1-53(2)43-22-13-12-19-38(43)39-27-26-35(32-47(39)53)56(34-16-8-7-9-17-34)49-29-28-36(37-18-10-11-20-40(37)49)33-30-42-41-21-14-23-44-50(41)57-51(42)48(31-33)55(5,6)46-25-15-24-45(52(46)57)54(44,3)4/h7-32H,1-6H3. The molecule has 2 nitrogen and oxygen atoms in total. The van der Waals surface area contributed by atoms with Crippen molar-refractivity contribution in [3.8, 4) is 27.9 Å². The fourth-order valence-electron chi connectivity index (χ4n) is 11.2. The number of aromatic nitrogens is 1. The molecule has 57 heavy (non-hydrogen) atoms. The molecule has 3 heterocycles. The van der Waals surface area contributed by atoms with Crippen LogP contribution in [0.15, 0.2) is 158 Å². The van der Waals surface area contributed by atoms with E-state index >= 15 is 0 Å². The average molecular weight is 733 g/mol. The predicted octanol–water partition coefficient (Wildman–Crippen LogP) is 14.7. The van der Waals surface area contributed by atoms with E-state index in [1.165, 1.54) is 105 Å². The van der Waals surface area contributed by atoms with Crippen LogP contribution in [-0.2, 0) is 16.2 Å². The maximum Gasteiger partial charge on any atom is 0.0582 e. The van der Waals surface area contributed by atoms with Gasteiger partial charge in [-0.15, -0.1) is 0 Å². The highest BCUT2D eigenvalue weighted by atomic mass is 15.1. The molecule has 0 amide bonds. The first-order chi connectivity index (χ1) is 27.6. The number of hydrogen-bond acceptors (Lipinski definition) is 1. The molecule has 2 aliphatic heterocycles. The van der Waals surface area contributed by atoms with Crippen molar-refractivity contribution in [2.45, 2.75) is 57.8 Å². The molecule has 274 valence electrons. The fraction of sp³-hybridized carbons (Fsp3) is 0.164. The van der Waals surface area contributed by atoms with Gasteiger partial charge in [-0.1, -0.05) is 157 Å². The Bertz CT molecular complexity index is 3210. The highest BCUT2D eigenvalue weighted by molar-refractivity contribution is 6.16. The van der Waals surface area contributed by atoms with Gasteiger partial charge in [0.1, 0.15) is 0 Å². The van der Waals surface area contributed by atoms with E-state index in [4.69, 9.17) is 0 Å². The van der Waals surface area contributed by atoms with Crippen molar-refractivity contribution in [1.82, 2.24) is 4.57 Å². The number of fused-ring (bicyclic) bond motifs is 5. The Labute approximate surface area is 334 Å². The lowest BCUT2D eigenvalue weighted by molar-refractivity contribution is 0.594. The zero-order chi connectivity index (χ0) is 38.6. The van der Waals surface area contributed by atoms with Gasteiger partial charge in [-0.2, -0.15) is 0 Å². The molecule has 8 aromatic carbocycles.